The summed E-state index contributed by atoms with van der Waals surface area (Å²) in [6.45, 7) is 1.06. The molecular weight excluding hydrogens is 1520 g/mol. The Morgan fingerprint density at radius 3 is 1.10 bits per heavy atom. The number of Topliss-reactive ketones (excluding diaryl/α,β-unsaturated/α-hetero) is 6. The SMILES string of the molecule is CC(Cc1ncc(C(=O)CO)cn1)c1ccccc1.COc1ccc(C)cc1CCc1ncc(C(=O)CO)cn1.O=C(CO)c1cnc(CC2(c3ccccc3)CC2)nc1.O=C(CO)c1cnc(CCc2cccc(Cl)c2)nc1.O=C(CO)c1cnc(CCc2ccccc2)nc1.O=C(CO)c1cnc(CCc2ccccc2Cl)nc1. The van der Waals surface area contributed by atoms with E-state index in [1.165, 1.54) is 96.6 Å². The number of aromatic nitrogens is 12. The highest BCUT2D eigenvalue weighted by Crippen LogP contribution is 2.50. The quantitative estimate of drug-likeness (QED) is 0.0220. The summed E-state index contributed by atoms with van der Waals surface area (Å²) in [5.41, 5.74) is 10.5. The summed E-state index contributed by atoms with van der Waals surface area (Å²) < 4.78 is 5.34. The molecule has 1 aliphatic carbocycles. The number of aryl methyl sites for hydroxylation is 9. The standard InChI is InChI=1S/C16H18N2O3.C16H16N2O2.C15H16N2O2.2C14H13ClN2O2.C14H14N2O2/c1-11-3-5-15(21-2)12(7-11)4-6-16-17-8-13(9-18-16)14(20)10-19;19-11-14(20)12-9-17-15(18-10-12)8-16(6-7-16)13-4-2-1-3-5-13;1-11(12-5-3-2-4-6-12)7-15-16-8-13(9-17-15)14(19)10-18;15-12-3-1-2-10(6-12)4-5-14-16-7-11(8-17-14)13(19)9-18;15-12-4-2-1-3-10(12)5-6-14-16-7-11(8-17-14)13(19)9-18;17-10-13(18)12-8-15-14(16-9-12)7-6-11-4-2-1-3-5-11/h3,5,7-9,19H,4,6,10H2,1-2H3;1-5,9-10,19H,6-8,11H2;2-6,8-9,11,18H,7,10H2,1H3;1-3,6-8,18H,4-5,9H2;1-4,7-8,18H,5-6,9H2;1-5,8-9,17H,6-7,10H2. The number of hydrogen-bond acceptors (Lipinski definition) is 25. The maximum atomic E-state index is 11.3. The van der Waals surface area contributed by atoms with Crippen LogP contribution in [0, 0.1) is 6.92 Å². The topological polar surface area (TPSA) is 388 Å². The number of aliphatic hydroxyl groups is 6. The minimum atomic E-state index is -0.525. The van der Waals surface area contributed by atoms with Crippen molar-refractivity contribution in [2.75, 3.05) is 46.8 Å². The minimum absolute atomic E-state index is 0.170. The number of carbonyl (C=O) groups excluding carboxylic acids is 6. The number of rotatable bonds is 31. The zero-order valence-electron chi connectivity index (χ0n) is 64.4. The van der Waals surface area contributed by atoms with E-state index in [4.69, 9.17) is 58.6 Å². The lowest BCUT2D eigenvalue weighted by Crippen LogP contribution is -2.14. The maximum absolute atomic E-state index is 11.3. The van der Waals surface area contributed by atoms with Crippen LogP contribution < -0.4 is 4.74 Å². The first-order valence-corrected chi connectivity index (χ1v) is 38.0. The van der Waals surface area contributed by atoms with E-state index in [9.17, 15) is 28.8 Å². The largest absolute Gasteiger partial charge is 0.496 e. The van der Waals surface area contributed by atoms with Crippen molar-refractivity contribution in [1.29, 1.82) is 0 Å². The third-order valence-corrected chi connectivity index (χ3v) is 18.9. The lowest BCUT2D eigenvalue weighted by molar-refractivity contribution is 0.0897. The number of halogens is 2. The second-order valence-corrected chi connectivity index (χ2v) is 27.5. The number of nitrogens with zero attached hydrogens (tertiary/aromatic N) is 12. The second-order valence-electron chi connectivity index (χ2n) is 26.7. The van der Waals surface area contributed by atoms with Crippen LogP contribution in [0.5, 0.6) is 5.75 Å². The van der Waals surface area contributed by atoms with Crippen LogP contribution in [0.4, 0.5) is 0 Å². The van der Waals surface area contributed by atoms with Gasteiger partial charge in [-0.05, 0) is 109 Å². The Labute approximate surface area is 682 Å². The van der Waals surface area contributed by atoms with Gasteiger partial charge in [0.1, 0.15) is 80.3 Å². The van der Waals surface area contributed by atoms with Gasteiger partial charge in [0.05, 0.1) is 40.5 Å². The van der Waals surface area contributed by atoms with Gasteiger partial charge in [0.15, 0.2) is 34.7 Å². The Bertz CT molecular complexity index is 5070. The predicted molar refractivity (Wildman–Crippen MR) is 437 cm³/mol. The summed E-state index contributed by atoms with van der Waals surface area (Å²) >= 11 is 12.0. The highest BCUT2D eigenvalue weighted by atomic mass is 35.5. The van der Waals surface area contributed by atoms with Crippen molar-refractivity contribution in [3.63, 3.8) is 0 Å². The summed E-state index contributed by atoms with van der Waals surface area (Å²) in [6, 6.07) is 52.0. The van der Waals surface area contributed by atoms with Crippen molar-refractivity contribution in [1.82, 2.24) is 59.8 Å². The molecule has 0 radical (unpaired) electrons. The van der Waals surface area contributed by atoms with E-state index in [2.05, 4.69) is 121 Å². The van der Waals surface area contributed by atoms with Crippen molar-refractivity contribution in [3.8, 4) is 5.75 Å². The Morgan fingerprint density at radius 2 is 0.716 bits per heavy atom. The molecule has 0 aliphatic heterocycles. The number of carbonyl (C=O) groups is 6. The lowest BCUT2D eigenvalue weighted by atomic mass is 9.92. The first kappa shape index (κ1) is 89.5. The van der Waals surface area contributed by atoms with Crippen LogP contribution in [0.2, 0.25) is 10.0 Å². The second kappa shape index (κ2) is 47.6. The van der Waals surface area contributed by atoms with E-state index in [0.29, 0.717) is 92.7 Å². The first-order chi connectivity index (χ1) is 56.3. The minimum Gasteiger partial charge on any atom is -0.496 e. The van der Waals surface area contributed by atoms with E-state index >= 15 is 0 Å². The number of ether oxygens (including phenoxy) is 1. The molecule has 6 aromatic carbocycles. The van der Waals surface area contributed by atoms with Crippen molar-refractivity contribution < 1.29 is 64.1 Å². The third kappa shape index (κ3) is 29.4. The number of aliphatic hydroxyl groups excluding tert-OH is 6. The molecule has 0 amide bonds. The molecule has 0 bridgehead atoms. The highest BCUT2D eigenvalue weighted by molar-refractivity contribution is 6.31. The highest BCUT2D eigenvalue weighted by Gasteiger charge is 2.44. The fraction of sp³-hybridized carbons (Fsp3) is 0.258. The van der Waals surface area contributed by atoms with Gasteiger partial charge in [0, 0.05) is 128 Å². The van der Waals surface area contributed by atoms with Gasteiger partial charge in [0.25, 0.3) is 0 Å². The van der Waals surface area contributed by atoms with E-state index in [1.807, 2.05) is 110 Å². The molecule has 6 N–H and O–H groups in total. The Kier molecular flexibility index (Phi) is 36.7. The van der Waals surface area contributed by atoms with Gasteiger partial charge in [-0.3, -0.25) is 28.8 Å². The number of benzene rings is 6. The monoisotopic (exact) mass is 1600 g/mol. The maximum Gasteiger partial charge on any atom is 0.191 e. The van der Waals surface area contributed by atoms with Gasteiger partial charge >= 0.3 is 0 Å². The molecule has 1 fully saturated rings. The fourth-order valence-corrected chi connectivity index (χ4v) is 11.8. The Morgan fingerprint density at radius 1 is 0.371 bits per heavy atom. The van der Waals surface area contributed by atoms with E-state index in [-0.39, 0.29) is 40.1 Å². The van der Waals surface area contributed by atoms with Crippen LogP contribution in [-0.2, 0) is 69.6 Å². The Balaban J connectivity index is 0.000000174. The summed E-state index contributed by atoms with van der Waals surface area (Å²) in [5.74, 6) is 3.11. The molecule has 6 heterocycles. The summed E-state index contributed by atoms with van der Waals surface area (Å²) in [5, 5.41) is 53.9. The van der Waals surface area contributed by atoms with Gasteiger partial charge in [0.2, 0.25) is 0 Å². The lowest BCUT2D eigenvalue weighted by Gasteiger charge is -2.14. The summed E-state index contributed by atoms with van der Waals surface area (Å²) in [7, 11) is 1.65. The van der Waals surface area contributed by atoms with Crippen LogP contribution in [0.15, 0.2) is 232 Å². The molecule has 6 aromatic heterocycles. The van der Waals surface area contributed by atoms with Gasteiger partial charge in [-0.25, -0.2) is 59.8 Å². The molecule has 598 valence electrons. The summed E-state index contributed by atoms with van der Waals surface area (Å²) in [6.07, 6.45) is 27.2. The fourth-order valence-electron chi connectivity index (χ4n) is 11.4. The van der Waals surface area contributed by atoms with Gasteiger partial charge in [-0.1, -0.05) is 169 Å². The molecule has 12 aromatic rings. The molecule has 13 rings (SSSR count). The zero-order valence-corrected chi connectivity index (χ0v) is 65.9. The van der Waals surface area contributed by atoms with E-state index in [1.54, 1.807) is 7.11 Å². The van der Waals surface area contributed by atoms with Crippen LogP contribution in [0.3, 0.4) is 0 Å². The molecule has 1 atom stereocenters. The van der Waals surface area contributed by atoms with Crippen molar-refractivity contribution in [2.45, 2.75) is 102 Å². The number of ketones is 6. The van der Waals surface area contributed by atoms with Crippen molar-refractivity contribution in [3.05, 3.63) is 349 Å². The molecule has 27 heteroatoms. The molecule has 116 heavy (non-hydrogen) atoms. The smallest absolute Gasteiger partial charge is 0.191 e. The predicted octanol–water partition coefficient (Wildman–Crippen LogP) is 11.3. The number of hydrogen-bond donors (Lipinski definition) is 6. The molecule has 0 saturated heterocycles. The van der Waals surface area contributed by atoms with Crippen molar-refractivity contribution in [2.24, 2.45) is 0 Å². The average molecular weight is 1610 g/mol. The van der Waals surface area contributed by atoms with Crippen LogP contribution in [0.1, 0.15) is 162 Å². The molecular formula is C89H90Cl2N12O13. The molecule has 25 nitrogen and oxygen atoms in total. The van der Waals surface area contributed by atoms with Crippen molar-refractivity contribution >= 4 is 57.9 Å². The van der Waals surface area contributed by atoms with Crippen LogP contribution >= 0.6 is 23.2 Å². The van der Waals surface area contributed by atoms with Crippen LogP contribution in [0.25, 0.3) is 0 Å². The Hall–Kier alpha value is -12.0. The molecule has 0 spiro atoms. The molecule has 1 unspecified atom stereocenters. The average Bonchev–Trinajstić information content (AvgIpc) is 1.62. The van der Waals surface area contributed by atoms with Gasteiger partial charge in [-0.2, -0.15) is 0 Å². The van der Waals surface area contributed by atoms with E-state index in [0.717, 1.165) is 91.1 Å². The van der Waals surface area contributed by atoms with Gasteiger partial charge < -0.3 is 35.4 Å². The zero-order chi connectivity index (χ0) is 83.0. The normalized spacial score (nSPS) is 11.6. The van der Waals surface area contributed by atoms with E-state index < -0.39 is 39.6 Å². The summed E-state index contributed by atoms with van der Waals surface area (Å²) in [4.78, 5) is 117. The first-order valence-electron chi connectivity index (χ1n) is 37.2. The van der Waals surface area contributed by atoms with Crippen LogP contribution in [-0.4, -0.2) is 172 Å². The molecule has 1 saturated carbocycles. The number of methoxy groups -OCH3 is 1. The molecule has 1 aliphatic rings. The van der Waals surface area contributed by atoms with Gasteiger partial charge in [-0.15, -0.1) is 0 Å². The third-order valence-electron chi connectivity index (χ3n) is 18.3.